The maximum absolute atomic E-state index is 12.3. The van der Waals surface area contributed by atoms with Crippen LogP contribution in [0.25, 0.3) is 0 Å². The lowest BCUT2D eigenvalue weighted by atomic mass is 9.93. The van der Waals surface area contributed by atoms with Crippen molar-refractivity contribution in [2.24, 2.45) is 10.4 Å². The van der Waals surface area contributed by atoms with E-state index in [2.05, 4.69) is 57.8 Å². The molecular formula is C19H19Br2ClN6O. The van der Waals surface area contributed by atoms with Gasteiger partial charge in [0, 0.05) is 35.3 Å². The molecule has 0 saturated carbocycles. The van der Waals surface area contributed by atoms with E-state index >= 15 is 0 Å². The number of aromatic nitrogens is 1. The van der Waals surface area contributed by atoms with Crippen LogP contribution < -0.4 is 16.0 Å². The van der Waals surface area contributed by atoms with Crippen molar-refractivity contribution in [3.05, 3.63) is 56.2 Å². The van der Waals surface area contributed by atoms with Crippen LogP contribution in [0.15, 0.2) is 50.6 Å². The third-order valence-corrected chi connectivity index (χ3v) is 6.00. The highest BCUT2D eigenvalue weighted by Crippen LogP contribution is 2.29. The van der Waals surface area contributed by atoms with Crippen LogP contribution in [0.5, 0.6) is 0 Å². The minimum absolute atomic E-state index is 0.184. The zero-order chi connectivity index (χ0) is 21.4. The second-order valence-electron chi connectivity index (χ2n) is 6.86. The molecule has 1 amide bonds. The molecule has 0 aliphatic carbocycles. The first-order valence-corrected chi connectivity index (χ1v) is 10.5. The SMILES string of the molecule is CC(C)(CN=C(NC#N)Nc1cncc(Br)c1Br)CNC(=O)c1ccc(Cl)cc1. The lowest BCUT2D eigenvalue weighted by Gasteiger charge is -2.23. The van der Waals surface area contributed by atoms with Crippen molar-refractivity contribution >= 4 is 61.0 Å². The van der Waals surface area contributed by atoms with Gasteiger partial charge in [0.2, 0.25) is 5.96 Å². The van der Waals surface area contributed by atoms with Gasteiger partial charge in [-0.3, -0.25) is 20.1 Å². The van der Waals surface area contributed by atoms with Crippen molar-refractivity contribution in [3.8, 4) is 6.19 Å². The highest BCUT2D eigenvalue weighted by atomic mass is 79.9. The maximum atomic E-state index is 12.3. The molecule has 0 saturated heterocycles. The molecule has 1 aromatic heterocycles. The molecule has 2 aromatic rings. The van der Waals surface area contributed by atoms with Gasteiger partial charge in [0.15, 0.2) is 6.19 Å². The topological polar surface area (TPSA) is 102 Å². The summed E-state index contributed by atoms with van der Waals surface area (Å²) in [6.07, 6.45) is 5.12. The highest BCUT2D eigenvalue weighted by molar-refractivity contribution is 9.13. The first-order chi connectivity index (χ1) is 13.7. The molecule has 3 N–H and O–H groups in total. The number of carbonyl (C=O) groups excluding carboxylic acids is 1. The average Bonchev–Trinajstić information content (AvgIpc) is 2.68. The first kappa shape index (κ1) is 23.1. The summed E-state index contributed by atoms with van der Waals surface area (Å²) in [5.74, 6) is 0.0987. The van der Waals surface area contributed by atoms with E-state index in [0.29, 0.717) is 29.4 Å². The van der Waals surface area contributed by atoms with Crippen LogP contribution in [0.1, 0.15) is 24.2 Å². The molecule has 0 atom stereocenters. The van der Waals surface area contributed by atoms with E-state index in [9.17, 15) is 4.79 Å². The molecule has 0 aliphatic rings. The lowest BCUT2D eigenvalue weighted by molar-refractivity contribution is 0.0938. The fraction of sp³-hybridized carbons (Fsp3) is 0.263. The number of benzene rings is 1. The Balaban J connectivity index is 2.01. The van der Waals surface area contributed by atoms with Gasteiger partial charge in [-0.25, -0.2) is 0 Å². The van der Waals surface area contributed by atoms with Crippen LogP contribution in [0.3, 0.4) is 0 Å². The number of halogens is 3. The third kappa shape index (κ3) is 7.31. The van der Waals surface area contributed by atoms with E-state index in [1.807, 2.05) is 20.0 Å². The van der Waals surface area contributed by atoms with Gasteiger partial charge in [0.1, 0.15) is 0 Å². The second-order valence-corrected chi connectivity index (χ2v) is 8.95. The zero-order valence-corrected chi connectivity index (χ0v) is 19.7. The number of nitriles is 1. The van der Waals surface area contributed by atoms with Gasteiger partial charge in [-0.15, -0.1) is 0 Å². The number of rotatable bonds is 6. The van der Waals surface area contributed by atoms with Crippen LogP contribution in [-0.2, 0) is 0 Å². The summed E-state index contributed by atoms with van der Waals surface area (Å²) in [6, 6.07) is 6.69. The van der Waals surface area contributed by atoms with Crippen molar-refractivity contribution in [1.29, 1.82) is 5.26 Å². The van der Waals surface area contributed by atoms with Gasteiger partial charge in [-0.05, 0) is 56.1 Å². The summed E-state index contributed by atoms with van der Waals surface area (Å²) in [4.78, 5) is 20.8. The molecule has 0 fully saturated rings. The number of guanidine groups is 1. The Morgan fingerprint density at radius 1 is 1.28 bits per heavy atom. The summed E-state index contributed by atoms with van der Waals surface area (Å²) < 4.78 is 1.53. The van der Waals surface area contributed by atoms with Crippen LogP contribution in [-0.4, -0.2) is 29.9 Å². The molecule has 0 radical (unpaired) electrons. The predicted molar refractivity (Wildman–Crippen MR) is 122 cm³/mol. The lowest BCUT2D eigenvalue weighted by Crippen LogP contribution is -2.37. The summed E-state index contributed by atoms with van der Waals surface area (Å²) in [6.45, 7) is 4.71. The molecule has 0 unspecified atom stereocenters. The van der Waals surface area contributed by atoms with Crippen LogP contribution >= 0.6 is 43.5 Å². The van der Waals surface area contributed by atoms with Crippen LogP contribution in [0, 0.1) is 16.9 Å². The van der Waals surface area contributed by atoms with Crippen molar-refractivity contribution < 1.29 is 4.79 Å². The van der Waals surface area contributed by atoms with Crippen LogP contribution in [0.2, 0.25) is 5.02 Å². The molecule has 2 rings (SSSR count). The molecule has 29 heavy (non-hydrogen) atoms. The first-order valence-electron chi connectivity index (χ1n) is 8.51. The Hall–Kier alpha value is -2.15. The number of aliphatic imine (C=N–C) groups is 1. The monoisotopic (exact) mass is 540 g/mol. The van der Waals surface area contributed by atoms with E-state index in [-0.39, 0.29) is 17.3 Å². The maximum Gasteiger partial charge on any atom is 0.251 e. The second kappa shape index (κ2) is 10.6. The van der Waals surface area contributed by atoms with Gasteiger partial charge in [-0.2, -0.15) is 5.26 Å². The normalized spacial score (nSPS) is 11.5. The molecule has 1 heterocycles. The predicted octanol–water partition coefficient (Wildman–Crippen LogP) is 4.55. The van der Waals surface area contributed by atoms with E-state index in [1.165, 1.54) is 0 Å². The fourth-order valence-corrected chi connectivity index (χ4v) is 2.93. The van der Waals surface area contributed by atoms with E-state index < -0.39 is 0 Å². The minimum atomic E-state index is -0.348. The van der Waals surface area contributed by atoms with Crippen molar-refractivity contribution in [2.45, 2.75) is 13.8 Å². The van der Waals surface area contributed by atoms with Crippen molar-refractivity contribution in [1.82, 2.24) is 15.6 Å². The van der Waals surface area contributed by atoms with Crippen LogP contribution in [0.4, 0.5) is 5.69 Å². The highest BCUT2D eigenvalue weighted by Gasteiger charge is 2.20. The number of hydrogen-bond acceptors (Lipinski definition) is 4. The van der Waals surface area contributed by atoms with Gasteiger partial charge < -0.3 is 10.6 Å². The molecule has 10 heteroatoms. The molecule has 0 bridgehead atoms. The molecule has 7 nitrogen and oxygen atoms in total. The third-order valence-electron chi connectivity index (χ3n) is 3.76. The van der Waals surface area contributed by atoms with E-state index in [4.69, 9.17) is 16.9 Å². The Morgan fingerprint density at radius 2 is 1.97 bits per heavy atom. The van der Waals surface area contributed by atoms with Crippen molar-refractivity contribution in [2.75, 3.05) is 18.4 Å². The largest absolute Gasteiger partial charge is 0.351 e. The van der Waals surface area contributed by atoms with Gasteiger partial charge in [-0.1, -0.05) is 25.4 Å². The number of amides is 1. The minimum Gasteiger partial charge on any atom is -0.351 e. The summed E-state index contributed by atoms with van der Waals surface area (Å²) in [5.41, 5.74) is 0.836. The van der Waals surface area contributed by atoms with E-state index in [1.54, 1.807) is 36.7 Å². The van der Waals surface area contributed by atoms with Gasteiger partial charge >= 0.3 is 0 Å². The Bertz CT molecular complexity index is 941. The number of anilines is 1. The quantitative estimate of drug-likeness (QED) is 0.215. The standard InChI is InChI=1S/C19H19Br2ClN6O/c1-19(2,9-25-17(29)12-3-5-13(22)6-4-12)10-26-18(27-11-23)28-15-8-24-7-14(20)16(15)21/h3-8H,9-10H2,1-2H3,(H,25,29)(H2,26,27,28). The molecule has 0 spiro atoms. The number of hydrogen-bond donors (Lipinski definition) is 3. The zero-order valence-electron chi connectivity index (χ0n) is 15.8. The van der Waals surface area contributed by atoms with Crippen molar-refractivity contribution in [3.63, 3.8) is 0 Å². The number of carbonyl (C=O) groups is 1. The van der Waals surface area contributed by atoms with E-state index in [0.717, 1.165) is 8.95 Å². The number of nitrogens with zero attached hydrogens (tertiary/aromatic N) is 3. The summed E-state index contributed by atoms with van der Waals surface area (Å²) >= 11 is 12.7. The average molecular weight is 543 g/mol. The Labute approximate surface area is 191 Å². The number of pyridine rings is 1. The molecule has 152 valence electrons. The molecule has 0 aliphatic heterocycles. The smallest absolute Gasteiger partial charge is 0.251 e. The number of nitrogens with one attached hydrogen (secondary N) is 3. The summed E-state index contributed by atoms with van der Waals surface area (Å²) in [5, 5.41) is 18.0. The molecule has 1 aromatic carbocycles. The van der Waals surface area contributed by atoms with Gasteiger partial charge in [0.25, 0.3) is 5.91 Å². The summed E-state index contributed by atoms with van der Waals surface area (Å²) in [7, 11) is 0. The fourth-order valence-electron chi connectivity index (χ4n) is 2.17. The van der Waals surface area contributed by atoms with Gasteiger partial charge in [0.05, 0.1) is 20.8 Å². The Morgan fingerprint density at radius 3 is 2.62 bits per heavy atom. The molecular weight excluding hydrogens is 524 g/mol. The Kier molecular flexibility index (Phi) is 8.44.